The lowest BCUT2D eigenvalue weighted by Gasteiger charge is -2.42. The smallest absolute Gasteiger partial charge is 0.123 e. The first-order valence-corrected chi connectivity index (χ1v) is 5.28. The molecule has 0 amide bonds. The van der Waals surface area contributed by atoms with Crippen LogP contribution < -0.4 is 5.73 Å². The lowest BCUT2D eigenvalue weighted by atomic mass is 9.73. The normalized spacial score (nSPS) is 30.0. The molecule has 1 aromatic rings. The molecule has 82 valence electrons. The molecule has 4 heteroatoms. The number of nitrogens with two attached hydrogens (primary N) is 1. The molecule has 1 saturated carbocycles. The van der Waals surface area contributed by atoms with E-state index in [1.807, 2.05) is 0 Å². The zero-order chi connectivity index (χ0) is 11.1. The Hall–Kier alpha value is -0.640. The molecule has 0 bridgehead atoms. The monoisotopic (exact) mass is 229 g/mol. The van der Waals surface area contributed by atoms with Crippen LogP contribution in [0, 0.1) is 5.82 Å². The Labute approximate surface area is 92.9 Å². The Bertz CT molecular complexity index is 377. The highest BCUT2D eigenvalue weighted by Gasteiger charge is 2.40. The van der Waals surface area contributed by atoms with Gasteiger partial charge in [-0.2, -0.15) is 0 Å². The van der Waals surface area contributed by atoms with E-state index in [1.54, 1.807) is 0 Å². The van der Waals surface area contributed by atoms with Crippen molar-refractivity contribution in [2.45, 2.75) is 30.9 Å². The number of hydrogen-bond acceptors (Lipinski definition) is 2. The number of hydrogen-bond donors (Lipinski definition) is 2. The summed E-state index contributed by atoms with van der Waals surface area (Å²) in [6, 6.07) is 4.24. The van der Waals surface area contributed by atoms with Gasteiger partial charge in [-0.15, -0.1) is 0 Å². The average Bonchev–Trinajstić information content (AvgIpc) is 2.09. The molecule has 1 aromatic carbocycles. The van der Waals surface area contributed by atoms with Gasteiger partial charge in [-0.1, -0.05) is 11.6 Å². The standard InChI is InChI=1S/C11H13ClFNO/c12-10-2-1-8(13)3-7(10)4-11(15)5-9(14)6-11/h1-3,9,15H,4-6,14H2. The molecular weight excluding hydrogens is 217 g/mol. The fraction of sp³-hybridized carbons (Fsp3) is 0.455. The molecule has 3 N–H and O–H groups in total. The van der Waals surface area contributed by atoms with Gasteiger partial charge in [0.25, 0.3) is 0 Å². The first-order valence-electron chi connectivity index (χ1n) is 4.90. The molecule has 1 aliphatic rings. The lowest BCUT2D eigenvalue weighted by molar-refractivity contribution is -0.0455. The van der Waals surface area contributed by atoms with E-state index in [4.69, 9.17) is 17.3 Å². The first kappa shape index (κ1) is 10.9. The summed E-state index contributed by atoms with van der Waals surface area (Å²) >= 11 is 5.91. The van der Waals surface area contributed by atoms with Gasteiger partial charge in [-0.25, -0.2) is 4.39 Å². The quantitative estimate of drug-likeness (QED) is 0.814. The van der Waals surface area contributed by atoms with Gasteiger partial charge in [0.2, 0.25) is 0 Å². The largest absolute Gasteiger partial charge is 0.389 e. The van der Waals surface area contributed by atoms with Crippen LogP contribution in [0.3, 0.4) is 0 Å². The van der Waals surface area contributed by atoms with Gasteiger partial charge in [0.05, 0.1) is 5.60 Å². The zero-order valence-corrected chi connectivity index (χ0v) is 8.97. The van der Waals surface area contributed by atoms with Crippen molar-refractivity contribution in [3.8, 4) is 0 Å². The van der Waals surface area contributed by atoms with Crippen molar-refractivity contribution in [3.63, 3.8) is 0 Å². The van der Waals surface area contributed by atoms with E-state index in [1.165, 1.54) is 18.2 Å². The summed E-state index contributed by atoms with van der Waals surface area (Å²) in [7, 11) is 0. The number of halogens is 2. The van der Waals surface area contributed by atoms with Crippen LogP contribution in [0.1, 0.15) is 18.4 Å². The van der Waals surface area contributed by atoms with Crippen molar-refractivity contribution in [1.29, 1.82) is 0 Å². The molecule has 1 aliphatic carbocycles. The van der Waals surface area contributed by atoms with Gasteiger partial charge in [0.15, 0.2) is 0 Å². The van der Waals surface area contributed by atoms with E-state index in [0.717, 1.165) is 0 Å². The van der Waals surface area contributed by atoms with Crippen LogP contribution >= 0.6 is 11.6 Å². The molecule has 2 rings (SSSR count). The highest BCUT2D eigenvalue weighted by molar-refractivity contribution is 6.31. The highest BCUT2D eigenvalue weighted by Crippen LogP contribution is 2.35. The Balaban J connectivity index is 2.14. The van der Waals surface area contributed by atoms with Crippen molar-refractivity contribution in [1.82, 2.24) is 0 Å². The average molecular weight is 230 g/mol. The third-order valence-electron chi connectivity index (χ3n) is 2.81. The van der Waals surface area contributed by atoms with Gasteiger partial charge in [-0.05, 0) is 36.6 Å². The van der Waals surface area contributed by atoms with Crippen molar-refractivity contribution in [2.24, 2.45) is 5.73 Å². The summed E-state index contributed by atoms with van der Waals surface area (Å²) < 4.78 is 13.0. The molecule has 0 aromatic heterocycles. The van der Waals surface area contributed by atoms with E-state index in [9.17, 15) is 9.50 Å². The van der Waals surface area contributed by atoms with Gasteiger partial charge in [0, 0.05) is 17.5 Å². The summed E-state index contributed by atoms with van der Waals surface area (Å²) in [5.41, 5.74) is 5.46. The molecule has 0 atom stereocenters. The van der Waals surface area contributed by atoms with Gasteiger partial charge >= 0.3 is 0 Å². The molecule has 15 heavy (non-hydrogen) atoms. The molecular formula is C11H13ClFNO. The molecule has 0 radical (unpaired) electrons. The van der Waals surface area contributed by atoms with Crippen LogP contribution in [0.5, 0.6) is 0 Å². The van der Waals surface area contributed by atoms with E-state index in [2.05, 4.69) is 0 Å². The van der Waals surface area contributed by atoms with Crippen molar-refractivity contribution < 1.29 is 9.50 Å². The second-order valence-electron chi connectivity index (χ2n) is 4.31. The Morgan fingerprint density at radius 3 is 2.80 bits per heavy atom. The summed E-state index contributed by atoms with van der Waals surface area (Å²) in [5.74, 6) is -0.332. The zero-order valence-electron chi connectivity index (χ0n) is 8.21. The molecule has 0 heterocycles. The first-order chi connectivity index (χ1) is 6.98. The summed E-state index contributed by atoms with van der Waals surface area (Å²) in [4.78, 5) is 0. The van der Waals surface area contributed by atoms with Crippen LogP contribution in [-0.2, 0) is 6.42 Å². The van der Waals surface area contributed by atoms with Crippen LogP contribution in [0.15, 0.2) is 18.2 Å². The molecule has 0 aliphatic heterocycles. The second kappa shape index (κ2) is 3.74. The number of benzene rings is 1. The van der Waals surface area contributed by atoms with Crippen molar-refractivity contribution in [3.05, 3.63) is 34.6 Å². The van der Waals surface area contributed by atoms with Crippen LogP contribution in [0.2, 0.25) is 5.02 Å². The SMILES string of the molecule is NC1CC(O)(Cc2cc(F)ccc2Cl)C1. The maximum atomic E-state index is 13.0. The Morgan fingerprint density at radius 2 is 2.20 bits per heavy atom. The molecule has 2 nitrogen and oxygen atoms in total. The number of aliphatic hydroxyl groups is 1. The minimum Gasteiger partial charge on any atom is -0.389 e. The molecule has 1 fully saturated rings. The minimum atomic E-state index is -0.795. The summed E-state index contributed by atoms with van der Waals surface area (Å²) in [5, 5.41) is 10.5. The fourth-order valence-corrected chi connectivity index (χ4v) is 2.28. The predicted molar refractivity (Wildman–Crippen MR) is 57.3 cm³/mol. The maximum Gasteiger partial charge on any atom is 0.123 e. The summed E-state index contributed by atoms with van der Waals surface area (Å²) in [6.07, 6.45) is 1.48. The molecule has 0 spiro atoms. The maximum absolute atomic E-state index is 13.0. The van der Waals surface area contributed by atoms with Gasteiger partial charge in [-0.3, -0.25) is 0 Å². The Morgan fingerprint density at radius 1 is 1.53 bits per heavy atom. The predicted octanol–water partition coefficient (Wildman–Crippen LogP) is 1.87. The topological polar surface area (TPSA) is 46.2 Å². The van der Waals surface area contributed by atoms with Crippen LogP contribution in [-0.4, -0.2) is 16.7 Å². The second-order valence-corrected chi connectivity index (χ2v) is 4.71. The van der Waals surface area contributed by atoms with Crippen LogP contribution in [0.4, 0.5) is 4.39 Å². The van der Waals surface area contributed by atoms with Crippen molar-refractivity contribution in [2.75, 3.05) is 0 Å². The number of rotatable bonds is 2. The Kier molecular flexibility index (Phi) is 2.71. The highest BCUT2D eigenvalue weighted by atomic mass is 35.5. The molecule has 0 unspecified atom stereocenters. The van der Waals surface area contributed by atoms with Crippen molar-refractivity contribution >= 4 is 11.6 Å². The third-order valence-corrected chi connectivity index (χ3v) is 3.18. The lowest BCUT2D eigenvalue weighted by Crippen LogP contribution is -2.52. The van der Waals surface area contributed by atoms with Gasteiger partial charge in [0.1, 0.15) is 5.82 Å². The van der Waals surface area contributed by atoms with E-state index in [-0.39, 0.29) is 11.9 Å². The third kappa shape index (κ3) is 2.30. The van der Waals surface area contributed by atoms with E-state index < -0.39 is 5.60 Å². The van der Waals surface area contributed by atoms with E-state index >= 15 is 0 Å². The molecule has 0 saturated heterocycles. The minimum absolute atomic E-state index is 0.0577. The van der Waals surface area contributed by atoms with Crippen LogP contribution in [0.25, 0.3) is 0 Å². The summed E-state index contributed by atoms with van der Waals surface area (Å²) in [6.45, 7) is 0. The fourth-order valence-electron chi connectivity index (χ4n) is 2.09. The van der Waals surface area contributed by atoms with Gasteiger partial charge < -0.3 is 10.8 Å². The van der Waals surface area contributed by atoms with E-state index in [0.29, 0.717) is 29.8 Å².